The molecule has 46 heavy (non-hydrogen) atoms. The Hall–Kier alpha value is -3.68. The van der Waals surface area contributed by atoms with E-state index in [0.717, 1.165) is 5.56 Å². The van der Waals surface area contributed by atoms with Crippen molar-refractivity contribution in [3.63, 3.8) is 0 Å². The molecule has 2 atom stereocenters. The van der Waals surface area contributed by atoms with Gasteiger partial charge in [0.25, 0.3) is 0 Å². The molecule has 0 unspecified atom stereocenters. The predicted octanol–water partition coefficient (Wildman–Crippen LogP) is 6.51. The van der Waals surface area contributed by atoms with Gasteiger partial charge in [0.05, 0.1) is 51.1 Å². The van der Waals surface area contributed by atoms with Crippen molar-refractivity contribution >= 4 is 68.9 Å². The lowest BCUT2D eigenvalue weighted by atomic mass is 9.95. The number of methoxy groups -OCH3 is 1. The lowest BCUT2D eigenvalue weighted by molar-refractivity contribution is -0.136. The molecule has 1 aliphatic heterocycles. The first kappa shape index (κ1) is 35.2. The number of rotatable bonds is 13. The molecular weight excluding hydrogens is 727 g/mol. The maximum absolute atomic E-state index is 12.4. The molecule has 0 aliphatic carbocycles. The molecule has 4 rings (SSSR count). The Labute approximate surface area is 288 Å². The van der Waals surface area contributed by atoms with Crippen LogP contribution >= 0.6 is 50.7 Å². The van der Waals surface area contributed by atoms with E-state index in [0.29, 0.717) is 60.2 Å². The van der Waals surface area contributed by atoms with Crippen molar-refractivity contribution in [2.75, 3.05) is 20.3 Å². The minimum Gasteiger partial charge on any atom is -0.490 e. The summed E-state index contributed by atoms with van der Waals surface area (Å²) in [6.07, 6.45) is 0.295. The molecule has 0 bridgehead atoms. The van der Waals surface area contributed by atoms with Crippen LogP contribution in [0.1, 0.15) is 36.6 Å². The summed E-state index contributed by atoms with van der Waals surface area (Å²) in [6, 6.07) is 12.4. The third kappa shape index (κ3) is 8.98. The number of aliphatic hydroxyl groups excluding tert-OH is 1. The van der Waals surface area contributed by atoms with E-state index >= 15 is 0 Å². The molecule has 1 heterocycles. The van der Waals surface area contributed by atoms with Crippen molar-refractivity contribution in [2.45, 2.75) is 32.7 Å². The number of urea groups is 1. The summed E-state index contributed by atoms with van der Waals surface area (Å²) in [5.41, 5.74) is 5.26. The van der Waals surface area contributed by atoms with Gasteiger partial charge in [-0.05, 0) is 82.9 Å². The lowest BCUT2D eigenvalue weighted by Crippen LogP contribution is -2.45. The Morgan fingerprint density at radius 3 is 2.54 bits per heavy atom. The van der Waals surface area contributed by atoms with Crippen molar-refractivity contribution in [1.82, 2.24) is 16.1 Å². The topological polar surface area (TPSA) is 140 Å². The number of benzene rings is 3. The lowest BCUT2D eigenvalue weighted by Gasteiger charge is -2.28. The first-order valence-corrected chi connectivity index (χ1v) is 15.7. The standard InChI is InChI=1S/C31H30BrCl3N4O7/c1-4-44-25-12-19(28-27(30(41)43-3)16(2)37-31(42)38-28)6-8-24(25)45-15-26(40)39-36-13-18-9-20(32)29(23(35)11-18)46-14-17-5-7-21(33)22(34)10-17/h5-13,26,28,39-40H,4,14-15H2,1-3H3,(H2,37,38,42)/b36-13-/t26-,28+/m0/s1. The second kappa shape index (κ2) is 16.2. The van der Waals surface area contributed by atoms with E-state index in [1.807, 2.05) is 0 Å². The van der Waals surface area contributed by atoms with Crippen molar-refractivity contribution in [1.29, 1.82) is 0 Å². The number of allylic oxidation sites excluding steroid dienone is 1. The molecule has 0 aromatic heterocycles. The Bertz CT molecular complexity index is 1650. The van der Waals surface area contributed by atoms with E-state index in [9.17, 15) is 14.7 Å². The smallest absolute Gasteiger partial charge is 0.337 e. The van der Waals surface area contributed by atoms with Crippen molar-refractivity contribution in [3.05, 3.63) is 96.0 Å². The molecule has 3 aromatic carbocycles. The van der Waals surface area contributed by atoms with Gasteiger partial charge in [0.15, 0.2) is 23.5 Å². The van der Waals surface area contributed by atoms with Crippen LogP contribution in [-0.2, 0) is 16.1 Å². The molecule has 244 valence electrons. The summed E-state index contributed by atoms with van der Waals surface area (Å²) < 4.78 is 22.9. The Kier molecular flexibility index (Phi) is 12.4. The molecule has 0 radical (unpaired) electrons. The number of hydrogen-bond donors (Lipinski definition) is 4. The number of ether oxygens (including phenoxy) is 4. The van der Waals surface area contributed by atoms with Crippen LogP contribution < -0.4 is 30.3 Å². The van der Waals surface area contributed by atoms with Crippen LogP contribution in [0, 0.1) is 0 Å². The normalized spacial score (nSPS) is 15.2. The van der Waals surface area contributed by atoms with Gasteiger partial charge in [-0.25, -0.2) is 9.59 Å². The third-order valence-corrected chi connectivity index (χ3v) is 8.11. The molecule has 4 N–H and O–H groups in total. The second-order valence-corrected chi connectivity index (χ2v) is 11.8. The van der Waals surface area contributed by atoms with E-state index < -0.39 is 24.3 Å². The number of amides is 2. The van der Waals surface area contributed by atoms with Gasteiger partial charge in [0, 0.05) is 5.70 Å². The number of esters is 1. The van der Waals surface area contributed by atoms with Crippen molar-refractivity contribution in [3.8, 4) is 17.2 Å². The van der Waals surface area contributed by atoms with Gasteiger partial charge in [-0.15, -0.1) is 0 Å². The van der Waals surface area contributed by atoms with Crippen LogP contribution in [0.5, 0.6) is 17.2 Å². The van der Waals surface area contributed by atoms with Crippen LogP contribution in [0.4, 0.5) is 4.79 Å². The average molecular weight is 757 g/mol. The molecular formula is C31H30BrCl3N4O7. The molecule has 15 heteroatoms. The predicted molar refractivity (Wildman–Crippen MR) is 179 cm³/mol. The van der Waals surface area contributed by atoms with Gasteiger partial charge in [0.2, 0.25) is 0 Å². The van der Waals surface area contributed by atoms with Crippen LogP contribution in [0.3, 0.4) is 0 Å². The van der Waals surface area contributed by atoms with E-state index in [1.54, 1.807) is 62.4 Å². The molecule has 11 nitrogen and oxygen atoms in total. The Balaban J connectivity index is 1.37. The first-order chi connectivity index (χ1) is 22.0. The number of nitrogens with zero attached hydrogens (tertiary/aromatic N) is 1. The number of aliphatic hydroxyl groups is 1. The fourth-order valence-corrected chi connectivity index (χ4v) is 5.71. The highest BCUT2D eigenvalue weighted by Crippen LogP contribution is 2.36. The van der Waals surface area contributed by atoms with Crippen LogP contribution in [-0.4, -0.2) is 49.9 Å². The maximum atomic E-state index is 12.4. The fraction of sp³-hybridized carbons (Fsp3) is 0.258. The SMILES string of the molecule is CCOc1cc([C@H]2NC(=O)NC(C)=C2C(=O)OC)ccc1OC[C@H](O)N/N=C\c1cc(Cl)c(OCc2ccc(Cl)c(Cl)c2)c(Br)c1. The zero-order chi connectivity index (χ0) is 33.4. The zero-order valence-corrected chi connectivity index (χ0v) is 28.7. The van der Waals surface area contributed by atoms with Crippen molar-refractivity contribution in [2.24, 2.45) is 5.10 Å². The summed E-state index contributed by atoms with van der Waals surface area (Å²) in [4.78, 5) is 24.6. The molecule has 0 spiro atoms. The van der Waals surface area contributed by atoms with Crippen molar-refractivity contribution < 1.29 is 33.6 Å². The number of nitrogens with one attached hydrogen (secondary N) is 3. The fourth-order valence-electron chi connectivity index (χ4n) is 4.40. The number of halogens is 4. The molecule has 3 aromatic rings. The Morgan fingerprint density at radius 1 is 1.07 bits per heavy atom. The number of carbonyl (C=O) groups is 2. The van der Waals surface area contributed by atoms with Crippen LogP contribution in [0.2, 0.25) is 15.1 Å². The maximum Gasteiger partial charge on any atom is 0.337 e. The highest BCUT2D eigenvalue weighted by molar-refractivity contribution is 9.10. The summed E-state index contributed by atoms with van der Waals surface area (Å²) in [5, 5.41) is 21.1. The summed E-state index contributed by atoms with van der Waals surface area (Å²) in [5.74, 6) is 0.550. The van der Waals surface area contributed by atoms with E-state index in [2.05, 4.69) is 37.1 Å². The quantitative estimate of drug-likeness (QED) is 0.0671. The summed E-state index contributed by atoms with van der Waals surface area (Å²) >= 11 is 22.0. The zero-order valence-electron chi connectivity index (χ0n) is 24.8. The number of carbonyl (C=O) groups excluding carboxylic acids is 2. The van der Waals surface area contributed by atoms with Gasteiger partial charge in [-0.3, -0.25) is 5.43 Å². The first-order valence-electron chi connectivity index (χ1n) is 13.8. The monoisotopic (exact) mass is 754 g/mol. The van der Waals surface area contributed by atoms with E-state index in [1.165, 1.54) is 13.3 Å². The Morgan fingerprint density at radius 2 is 1.85 bits per heavy atom. The molecule has 0 saturated carbocycles. The van der Waals surface area contributed by atoms with Crippen LogP contribution in [0.25, 0.3) is 0 Å². The van der Waals surface area contributed by atoms with Gasteiger partial charge in [-0.1, -0.05) is 46.9 Å². The average Bonchev–Trinajstić information content (AvgIpc) is 3.01. The largest absolute Gasteiger partial charge is 0.490 e. The number of hydrogen-bond acceptors (Lipinski definition) is 9. The molecule has 0 fully saturated rings. The van der Waals surface area contributed by atoms with Gasteiger partial charge < -0.3 is 34.7 Å². The summed E-state index contributed by atoms with van der Waals surface area (Å²) in [6.45, 7) is 3.79. The molecule has 1 aliphatic rings. The van der Waals surface area contributed by atoms with E-state index in [-0.39, 0.29) is 18.8 Å². The van der Waals surface area contributed by atoms with Gasteiger partial charge >= 0.3 is 12.0 Å². The van der Waals surface area contributed by atoms with Crippen LogP contribution in [0.15, 0.2) is 69.4 Å². The molecule has 2 amide bonds. The minimum atomic E-state index is -1.18. The number of hydrazone groups is 1. The van der Waals surface area contributed by atoms with Gasteiger partial charge in [0.1, 0.15) is 13.2 Å². The second-order valence-electron chi connectivity index (χ2n) is 9.77. The minimum absolute atomic E-state index is 0.181. The highest BCUT2D eigenvalue weighted by atomic mass is 79.9. The summed E-state index contributed by atoms with van der Waals surface area (Å²) in [7, 11) is 1.27. The molecule has 0 saturated heterocycles. The highest BCUT2D eigenvalue weighted by Gasteiger charge is 2.32. The van der Waals surface area contributed by atoms with Gasteiger partial charge in [-0.2, -0.15) is 5.10 Å². The third-order valence-electron chi connectivity index (χ3n) is 6.50. The van der Waals surface area contributed by atoms with E-state index in [4.69, 9.17) is 53.8 Å².